The average Bonchev–Trinajstić information content (AvgIpc) is 2.52. The van der Waals surface area contributed by atoms with Gasteiger partial charge in [0.25, 0.3) is 0 Å². The van der Waals surface area contributed by atoms with E-state index in [2.05, 4.69) is 5.32 Å². The van der Waals surface area contributed by atoms with Crippen LogP contribution in [0.3, 0.4) is 0 Å². The van der Waals surface area contributed by atoms with Gasteiger partial charge in [0, 0.05) is 33.4 Å². The summed E-state index contributed by atoms with van der Waals surface area (Å²) in [5, 5.41) is 30.0. The highest BCUT2D eigenvalue weighted by atomic mass is 28.4. The number of nitrogens with one attached hydrogen (secondary N) is 1. The van der Waals surface area contributed by atoms with Crippen LogP contribution in [0.4, 0.5) is 0 Å². The van der Waals surface area contributed by atoms with Crippen molar-refractivity contribution in [3.8, 4) is 0 Å². The third-order valence-corrected chi connectivity index (χ3v) is 6.85. The summed E-state index contributed by atoms with van der Waals surface area (Å²) in [6, 6.07) is -0.616. The molecule has 6 N–H and O–H groups in total. The fourth-order valence-electron chi connectivity index (χ4n) is 2.66. The lowest BCUT2D eigenvalue weighted by molar-refractivity contribution is -0.144. The summed E-state index contributed by atoms with van der Waals surface area (Å²) in [6.45, 7) is 0.251. The SMILES string of the molecule is CO[Si](CCCNC(CC(=O)O)C(N)(CC(=O)O)CC(=O)O)(OC)OC. The molecule has 0 aromatic rings. The van der Waals surface area contributed by atoms with E-state index < -0.39 is 57.6 Å². The van der Waals surface area contributed by atoms with Crippen molar-refractivity contribution in [2.45, 2.75) is 43.3 Å². The number of carboxylic acid groups (broad SMARTS) is 3. The van der Waals surface area contributed by atoms with E-state index in [-0.39, 0.29) is 6.54 Å². The van der Waals surface area contributed by atoms with E-state index in [1.807, 2.05) is 0 Å². The third-order valence-electron chi connectivity index (χ3n) is 4.02. The monoisotopic (exact) mass is 396 g/mol. The Bertz CT molecular complexity index is 461. The molecule has 152 valence electrons. The highest BCUT2D eigenvalue weighted by Crippen LogP contribution is 2.21. The molecule has 0 aliphatic rings. The summed E-state index contributed by atoms with van der Waals surface area (Å²) in [4.78, 5) is 33.3. The summed E-state index contributed by atoms with van der Waals surface area (Å²) in [6.07, 6.45) is -1.42. The topological polar surface area (TPSA) is 178 Å². The van der Waals surface area contributed by atoms with Crippen LogP contribution < -0.4 is 11.1 Å². The molecule has 0 fully saturated rings. The van der Waals surface area contributed by atoms with Gasteiger partial charge < -0.3 is 39.6 Å². The fourth-order valence-corrected chi connectivity index (χ4v) is 4.38. The second kappa shape index (κ2) is 11.2. The largest absolute Gasteiger partial charge is 0.500 e. The van der Waals surface area contributed by atoms with Gasteiger partial charge in [-0.15, -0.1) is 0 Å². The lowest BCUT2D eigenvalue weighted by Gasteiger charge is -2.35. The maximum Gasteiger partial charge on any atom is 0.500 e. The average molecular weight is 396 g/mol. The molecular weight excluding hydrogens is 368 g/mol. The van der Waals surface area contributed by atoms with Gasteiger partial charge >= 0.3 is 26.7 Å². The van der Waals surface area contributed by atoms with Crippen LogP contribution in [0.1, 0.15) is 25.7 Å². The Hall–Kier alpha value is -1.57. The predicted octanol–water partition coefficient (Wildman–Crippen LogP) is -0.666. The minimum atomic E-state index is -2.80. The second-order valence-electron chi connectivity index (χ2n) is 5.88. The molecule has 11 nitrogen and oxygen atoms in total. The highest BCUT2D eigenvalue weighted by molar-refractivity contribution is 6.60. The Kier molecular flexibility index (Phi) is 10.5. The van der Waals surface area contributed by atoms with Gasteiger partial charge in [0.1, 0.15) is 0 Å². The van der Waals surface area contributed by atoms with Crippen LogP contribution in [0.15, 0.2) is 0 Å². The summed E-state index contributed by atoms with van der Waals surface area (Å²) in [5.41, 5.74) is 4.23. The van der Waals surface area contributed by atoms with E-state index in [1.165, 1.54) is 21.3 Å². The van der Waals surface area contributed by atoms with Gasteiger partial charge in [-0.25, -0.2) is 0 Å². The van der Waals surface area contributed by atoms with E-state index >= 15 is 0 Å². The number of hydrogen-bond acceptors (Lipinski definition) is 8. The second-order valence-corrected chi connectivity index (χ2v) is 8.97. The standard InChI is InChI=1S/C14H28N2O9Si/c1-23-26(24-2,25-3)6-4-5-16-10(7-11(17)18)14(15,8-12(19)20)9-13(21)22/h10,16H,4-9,15H2,1-3H3,(H,17,18)(H,19,20)(H,21,22). The van der Waals surface area contributed by atoms with Gasteiger partial charge in [0.15, 0.2) is 0 Å². The van der Waals surface area contributed by atoms with Gasteiger partial charge in [0.2, 0.25) is 0 Å². The van der Waals surface area contributed by atoms with E-state index in [0.717, 1.165) is 0 Å². The molecule has 0 saturated heterocycles. The van der Waals surface area contributed by atoms with Crippen LogP contribution in [-0.2, 0) is 27.7 Å². The molecule has 0 aromatic heterocycles. The molecule has 1 atom stereocenters. The van der Waals surface area contributed by atoms with Crippen LogP contribution in [-0.4, -0.2) is 81.5 Å². The molecule has 0 amide bonds. The normalized spacial score (nSPS) is 13.4. The Morgan fingerprint density at radius 3 is 1.81 bits per heavy atom. The van der Waals surface area contributed by atoms with Gasteiger partial charge in [-0.2, -0.15) is 0 Å². The predicted molar refractivity (Wildman–Crippen MR) is 91.7 cm³/mol. The van der Waals surface area contributed by atoms with Crippen molar-refractivity contribution in [1.82, 2.24) is 5.32 Å². The molecule has 0 bridgehead atoms. The fraction of sp³-hybridized carbons (Fsp3) is 0.786. The molecule has 0 heterocycles. The Morgan fingerprint density at radius 1 is 1.00 bits per heavy atom. The first-order valence-corrected chi connectivity index (χ1v) is 9.80. The maximum atomic E-state index is 11.1. The first kappa shape index (κ1) is 24.4. The molecule has 0 aliphatic heterocycles. The highest BCUT2D eigenvalue weighted by Gasteiger charge is 2.41. The first-order valence-electron chi connectivity index (χ1n) is 7.87. The number of aliphatic carboxylic acids is 3. The molecular formula is C14H28N2O9Si. The molecule has 1 unspecified atom stereocenters. The van der Waals surface area contributed by atoms with Crippen molar-refractivity contribution in [1.29, 1.82) is 0 Å². The number of carbonyl (C=O) groups is 3. The number of carboxylic acids is 3. The summed E-state index contributed by atoms with van der Waals surface area (Å²) in [7, 11) is 1.59. The molecule has 12 heteroatoms. The molecule has 26 heavy (non-hydrogen) atoms. The minimum Gasteiger partial charge on any atom is -0.481 e. The van der Waals surface area contributed by atoms with Crippen molar-refractivity contribution in [3.63, 3.8) is 0 Å². The summed E-state index contributed by atoms with van der Waals surface area (Å²) in [5.74, 6) is -3.84. The van der Waals surface area contributed by atoms with Crippen molar-refractivity contribution in [2.24, 2.45) is 5.73 Å². The Labute approximate surface area is 152 Å². The summed E-state index contributed by atoms with van der Waals surface area (Å²) < 4.78 is 15.8. The van der Waals surface area contributed by atoms with Gasteiger partial charge in [-0.05, 0) is 13.0 Å². The lowest BCUT2D eigenvalue weighted by atomic mass is 9.82. The van der Waals surface area contributed by atoms with Crippen LogP contribution in [0.5, 0.6) is 0 Å². The van der Waals surface area contributed by atoms with E-state index in [0.29, 0.717) is 12.5 Å². The first-order chi connectivity index (χ1) is 12.0. The molecule has 0 saturated carbocycles. The summed E-state index contributed by atoms with van der Waals surface area (Å²) >= 11 is 0. The van der Waals surface area contributed by atoms with Crippen LogP contribution in [0.2, 0.25) is 6.04 Å². The van der Waals surface area contributed by atoms with Gasteiger partial charge in [-0.3, -0.25) is 14.4 Å². The Balaban J connectivity index is 5.08. The van der Waals surface area contributed by atoms with E-state index in [1.54, 1.807) is 0 Å². The minimum absolute atomic E-state index is 0.251. The third kappa shape index (κ3) is 8.20. The zero-order valence-corrected chi connectivity index (χ0v) is 16.2. The van der Waals surface area contributed by atoms with Crippen molar-refractivity contribution in [3.05, 3.63) is 0 Å². The van der Waals surface area contributed by atoms with E-state index in [4.69, 9.17) is 34.3 Å². The van der Waals surface area contributed by atoms with Crippen molar-refractivity contribution < 1.29 is 43.0 Å². The maximum absolute atomic E-state index is 11.1. The van der Waals surface area contributed by atoms with Crippen molar-refractivity contribution >= 4 is 26.7 Å². The molecule has 0 aromatic carbocycles. The van der Waals surface area contributed by atoms with Crippen LogP contribution in [0, 0.1) is 0 Å². The molecule has 0 spiro atoms. The quantitative estimate of drug-likeness (QED) is 0.175. The van der Waals surface area contributed by atoms with E-state index in [9.17, 15) is 14.4 Å². The number of nitrogens with two attached hydrogens (primary N) is 1. The molecule has 0 rings (SSSR count). The molecule has 0 radical (unpaired) electrons. The van der Waals surface area contributed by atoms with Crippen LogP contribution in [0.25, 0.3) is 0 Å². The lowest BCUT2D eigenvalue weighted by Crippen LogP contribution is -2.60. The number of hydrogen-bond donors (Lipinski definition) is 5. The van der Waals surface area contributed by atoms with Crippen LogP contribution >= 0.6 is 0 Å². The Morgan fingerprint density at radius 2 is 1.46 bits per heavy atom. The molecule has 0 aliphatic carbocycles. The van der Waals surface area contributed by atoms with Gasteiger partial charge in [-0.1, -0.05) is 0 Å². The van der Waals surface area contributed by atoms with Crippen molar-refractivity contribution in [2.75, 3.05) is 27.9 Å². The zero-order chi connectivity index (χ0) is 20.4. The number of rotatable bonds is 15. The van der Waals surface area contributed by atoms with Gasteiger partial charge in [0.05, 0.1) is 24.8 Å². The zero-order valence-electron chi connectivity index (χ0n) is 15.2. The smallest absolute Gasteiger partial charge is 0.481 e.